The molecule has 17 heavy (non-hydrogen) atoms. The van der Waals surface area contributed by atoms with Crippen LogP contribution in [-0.4, -0.2) is 26.3 Å². The molecule has 1 amide bonds. The first kappa shape index (κ1) is 11.7. The molecule has 0 saturated heterocycles. The Hall–Kier alpha value is -1.75. The number of fused-ring (bicyclic) bond motifs is 1. The molecule has 0 saturated carbocycles. The number of nitrogens with one attached hydrogen (secondary N) is 2. The monoisotopic (exact) mass is 236 g/mol. The van der Waals surface area contributed by atoms with Crippen LogP contribution in [0, 0.1) is 5.92 Å². The van der Waals surface area contributed by atoms with Gasteiger partial charge in [0.2, 0.25) is 12.7 Å². The number of hydrogen-bond acceptors (Lipinski definition) is 4. The van der Waals surface area contributed by atoms with Crippen LogP contribution in [-0.2, 0) is 4.79 Å². The third-order valence-corrected chi connectivity index (χ3v) is 2.60. The summed E-state index contributed by atoms with van der Waals surface area (Å²) in [5.41, 5.74) is 0.724. The zero-order valence-electron chi connectivity index (χ0n) is 9.95. The van der Waals surface area contributed by atoms with Crippen molar-refractivity contribution in [3.8, 4) is 11.5 Å². The van der Waals surface area contributed by atoms with Crippen LogP contribution in [0.4, 0.5) is 5.69 Å². The Labute approximate surface area is 100 Å². The van der Waals surface area contributed by atoms with E-state index in [0.29, 0.717) is 18.0 Å². The van der Waals surface area contributed by atoms with E-state index in [0.717, 1.165) is 5.69 Å². The average molecular weight is 236 g/mol. The Morgan fingerprint density at radius 3 is 2.94 bits per heavy atom. The molecule has 0 fully saturated rings. The van der Waals surface area contributed by atoms with E-state index in [9.17, 15) is 4.79 Å². The molecule has 1 aliphatic heterocycles. The first-order chi connectivity index (χ1) is 8.20. The molecule has 1 aromatic rings. The van der Waals surface area contributed by atoms with Crippen LogP contribution in [0.2, 0.25) is 0 Å². The van der Waals surface area contributed by atoms with Crippen molar-refractivity contribution in [1.29, 1.82) is 0 Å². The van der Waals surface area contributed by atoms with Crippen molar-refractivity contribution in [2.75, 3.05) is 25.7 Å². The minimum atomic E-state index is -0.0783. The van der Waals surface area contributed by atoms with Gasteiger partial charge in [0.1, 0.15) is 0 Å². The van der Waals surface area contributed by atoms with Crippen molar-refractivity contribution >= 4 is 11.6 Å². The Balaban J connectivity index is 2.01. The molecular formula is C12H16N2O3. The highest BCUT2D eigenvalue weighted by Crippen LogP contribution is 2.34. The zero-order chi connectivity index (χ0) is 12.3. The molecule has 0 radical (unpaired) electrons. The van der Waals surface area contributed by atoms with E-state index in [-0.39, 0.29) is 18.6 Å². The van der Waals surface area contributed by atoms with Gasteiger partial charge in [-0.3, -0.25) is 4.79 Å². The predicted molar refractivity (Wildman–Crippen MR) is 64.3 cm³/mol. The summed E-state index contributed by atoms with van der Waals surface area (Å²) < 4.78 is 10.4. The molecule has 1 aliphatic rings. The van der Waals surface area contributed by atoms with E-state index in [1.165, 1.54) is 0 Å². The third-order valence-electron chi connectivity index (χ3n) is 2.60. The second kappa shape index (κ2) is 5.05. The smallest absolute Gasteiger partial charge is 0.231 e. The van der Waals surface area contributed by atoms with Crippen LogP contribution in [0.1, 0.15) is 6.92 Å². The minimum absolute atomic E-state index is 0.0155. The van der Waals surface area contributed by atoms with Gasteiger partial charge < -0.3 is 20.1 Å². The zero-order valence-corrected chi connectivity index (χ0v) is 9.95. The molecule has 5 nitrogen and oxygen atoms in total. The quantitative estimate of drug-likeness (QED) is 0.825. The maximum Gasteiger partial charge on any atom is 0.231 e. The van der Waals surface area contributed by atoms with E-state index in [2.05, 4.69) is 10.6 Å². The number of benzene rings is 1. The van der Waals surface area contributed by atoms with Crippen LogP contribution in [0.3, 0.4) is 0 Å². The van der Waals surface area contributed by atoms with Crippen molar-refractivity contribution in [2.24, 2.45) is 5.92 Å². The number of carbonyl (C=O) groups excluding carboxylic acids is 1. The molecule has 1 atom stereocenters. The Kier molecular flexibility index (Phi) is 3.49. The number of anilines is 1. The fourth-order valence-corrected chi connectivity index (χ4v) is 1.64. The van der Waals surface area contributed by atoms with E-state index in [1.54, 1.807) is 18.2 Å². The van der Waals surface area contributed by atoms with E-state index in [1.807, 2.05) is 14.0 Å². The fraction of sp³-hybridized carbons (Fsp3) is 0.417. The lowest BCUT2D eigenvalue weighted by Gasteiger charge is -2.11. The first-order valence-electron chi connectivity index (χ1n) is 5.56. The average Bonchev–Trinajstić information content (AvgIpc) is 2.76. The van der Waals surface area contributed by atoms with Crippen molar-refractivity contribution in [3.05, 3.63) is 18.2 Å². The molecule has 2 rings (SSSR count). The Morgan fingerprint density at radius 2 is 2.18 bits per heavy atom. The highest BCUT2D eigenvalue weighted by Gasteiger charge is 2.16. The lowest BCUT2D eigenvalue weighted by Crippen LogP contribution is -2.28. The van der Waals surface area contributed by atoms with Gasteiger partial charge in [-0.15, -0.1) is 0 Å². The van der Waals surface area contributed by atoms with Gasteiger partial charge in [-0.25, -0.2) is 0 Å². The second-order valence-electron chi connectivity index (χ2n) is 4.02. The standard InChI is InChI=1S/C12H16N2O3/c1-8(6-13-2)12(15)14-9-3-4-10-11(5-9)17-7-16-10/h3-5,8,13H,6-7H2,1-2H3,(H,14,15). The summed E-state index contributed by atoms with van der Waals surface area (Å²) >= 11 is 0. The molecule has 92 valence electrons. The molecule has 1 unspecified atom stereocenters. The van der Waals surface area contributed by atoms with Crippen molar-refractivity contribution in [3.63, 3.8) is 0 Å². The summed E-state index contributed by atoms with van der Waals surface area (Å²) in [4.78, 5) is 11.8. The third kappa shape index (κ3) is 2.68. The van der Waals surface area contributed by atoms with E-state index in [4.69, 9.17) is 9.47 Å². The summed E-state index contributed by atoms with van der Waals surface area (Å²) in [6, 6.07) is 5.37. The van der Waals surface area contributed by atoms with Crippen LogP contribution in [0.5, 0.6) is 11.5 Å². The van der Waals surface area contributed by atoms with Crippen LogP contribution < -0.4 is 20.1 Å². The molecule has 0 aromatic heterocycles. The normalized spacial score (nSPS) is 14.5. The Bertz CT molecular complexity index is 420. The molecular weight excluding hydrogens is 220 g/mol. The first-order valence-corrected chi connectivity index (χ1v) is 5.56. The molecule has 1 heterocycles. The number of hydrogen-bond donors (Lipinski definition) is 2. The topological polar surface area (TPSA) is 59.6 Å². The highest BCUT2D eigenvalue weighted by atomic mass is 16.7. The SMILES string of the molecule is CNCC(C)C(=O)Nc1ccc2c(c1)OCO2. The number of ether oxygens (including phenoxy) is 2. The fourth-order valence-electron chi connectivity index (χ4n) is 1.64. The second-order valence-corrected chi connectivity index (χ2v) is 4.02. The number of rotatable bonds is 4. The summed E-state index contributed by atoms with van der Waals surface area (Å²) in [6.07, 6.45) is 0. The molecule has 5 heteroatoms. The molecule has 1 aromatic carbocycles. The van der Waals surface area contributed by atoms with E-state index >= 15 is 0 Å². The summed E-state index contributed by atoms with van der Waals surface area (Å²) in [7, 11) is 1.82. The molecule has 0 spiro atoms. The maximum absolute atomic E-state index is 11.8. The Morgan fingerprint density at radius 1 is 1.41 bits per heavy atom. The van der Waals surface area contributed by atoms with Crippen molar-refractivity contribution < 1.29 is 14.3 Å². The van der Waals surface area contributed by atoms with Crippen LogP contribution >= 0.6 is 0 Å². The minimum Gasteiger partial charge on any atom is -0.454 e. The largest absolute Gasteiger partial charge is 0.454 e. The number of amides is 1. The lowest BCUT2D eigenvalue weighted by molar-refractivity contribution is -0.119. The van der Waals surface area contributed by atoms with Gasteiger partial charge in [-0.1, -0.05) is 6.92 Å². The van der Waals surface area contributed by atoms with Crippen molar-refractivity contribution in [2.45, 2.75) is 6.92 Å². The summed E-state index contributed by atoms with van der Waals surface area (Å²) in [5, 5.41) is 5.81. The van der Waals surface area contributed by atoms with Gasteiger partial charge in [0.15, 0.2) is 11.5 Å². The summed E-state index contributed by atoms with van der Waals surface area (Å²) in [6.45, 7) is 2.76. The van der Waals surface area contributed by atoms with Crippen LogP contribution in [0.25, 0.3) is 0 Å². The van der Waals surface area contributed by atoms with Gasteiger partial charge in [0.25, 0.3) is 0 Å². The lowest BCUT2D eigenvalue weighted by atomic mass is 10.1. The predicted octanol–water partition coefficient (Wildman–Crippen LogP) is 1.21. The summed E-state index contributed by atoms with van der Waals surface area (Å²) in [5.74, 6) is 1.29. The number of carbonyl (C=O) groups is 1. The maximum atomic E-state index is 11.8. The molecule has 2 N–H and O–H groups in total. The molecule has 0 aliphatic carbocycles. The van der Waals surface area contributed by atoms with Crippen molar-refractivity contribution in [1.82, 2.24) is 5.32 Å². The van der Waals surface area contributed by atoms with Crippen LogP contribution in [0.15, 0.2) is 18.2 Å². The van der Waals surface area contributed by atoms with E-state index < -0.39 is 0 Å². The molecule has 0 bridgehead atoms. The van der Waals surface area contributed by atoms with Gasteiger partial charge in [0, 0.05) is 24.2 Å². The van der Waals surface area contributed by atoms with Gasteiger partial charge in [-0.05, 0) is 19.2 Å². The highest BCUT2D eigenvalue weighted by molar-refractivity contribution is 5.92. The van der Waals surface area contributed by atoms with Gasteiger partial charge >= 0.3 is 0 Å². The van der Waals surface area contributed by atoms with Gasteiger partial charge in [0.05, 0.1) is 0 Å². The van der Waals surface area contributed by atoms with Gasteiger partial charge in [-0.2, -0.15) is 0 Å².